The molecule has 168 valence electrons. The molecule has 2 N–H and O–H groups in total. The van der Waals surface area contributed by atoms with Crippen LogP contribution in [0, 0.1) is 28.6 Å². The average molecular weight is 495 g/mol. The second-order valence-electron chi connectivity index (χ2n) is 7.90. The first kappa shape index (κ1) is 23.4. The van der Waals surface area contributed by atoms with Gasteiger partial charge in [-0.2, -0.15) is 10.5 Å². The van der Waals surface area contributed by atoms with Gasteiger partial charge in [-0.15, -0.1) is 11.3 Å². The summed E-state index contributed by atoms with van der Waals surface area (Å²) in [5.41, 5.74) is 9.43. The Balaban J connectivity index is 1.58. The molecular weight excluding hydrogens is 472 g/mol. The highest BCUT2D eigenvalue weighted by Crippen LogP contribution is 2.38. The molecule has 0 radical (unpaired) electrons. The number of anilines is 2. The summed E-state index contributed by atoms with van der Waals surface area (Å²) in [4.78, 5) is 11.3. The molecule has 2 aromatic heterocycles. The third kappa shape index (κ3) is 5.09. The van der Waals surface area contributed by atoms with Gasteiger partial charge in [-0.1, -0.05) is 48.8 Å². The predicted molar refractivity (Wildman–Crippen MR) is 135 cm³/mol. The third-order valence-corrected chi connectivity index (χ3v) is 8.10. The normalized spacial score (nSPS) is 14.1. The number of piperidine rings is 1. The fraction of sp³-hybridized carbons (Fsp3) is 0.333. The second-order valence-corrected chi connectivity index (χ2v) is 10.2. The highest BCUT2D eigenvalue weighted by atomic mass is 35.5. The van der Waals surface area contributed by atoms with Crippen LogP contribution in [0.5, 0.6) is 0 Å². The Morgan fingerprint density at radius 2 is 1.85 bits per heavy atom. The molecule has 3 heterocycles. The maximum Gasteiger partial charge on any atom is 0.144 e. The summed E-state index contributed by atoms with van der Waals surface area (Å²) < 4.78 is 0. The number of hydrogen-bond acceptors (Lipinski definition) is 8. The number of pyridine rings is 1. The van der Waals surface area contributed by atoms with E-state index in [1.165, 1.54) is 11.8 Å². The number of hydrogen-bond donors (Lipinski definition) is 1. The van der Waals surface area contributed by atoms with Crippen LogP contribution in [0.1, 0.15) is 43.0 Å². The summed E-state index contributed by atoms with van der Waals surface area (Å²) in [7, 11) is 0. The molecule has 33 heavy (non-hydrogen) atoms. The average Bonchev–Trinajstić information content (AvgIpc) is 3.32. The highest BCUT2D eigenvalue weighted by molar-refractivity contribution is 7.98. The molecule has 3 aromatic rings. The summed E-state index contributed by atoms with van der Waals surface area (Å²) in [6, 6.07) is 12.1. The van der Waals surface area contributed by atoms with Gasteiger partial charge in [0.15, 0.2) is 0 Å². The van der Waals surface area contributed by atoms with Gasteiger partial charge in [0.2, 0.25) is 0 Å². The van der Waals surface area contributed by atoms with Crippen LogP contribution in [0.15, 0.2) is 34.7 Å². The largest absolute Gasteiger partial charge is 0.382 e. The van der Waals surface area contributed by atoms with Crippen molar-refractivity contribution in [3.05, 3.63) is 51.5 Å². The standard InChI is InChI=1S/C24H23ClN6S2/c1-2-15-7-9-31(10-8-15)21-19(11-26)22(28)30-24(20(21)12-27)33-14-18-13-32-23(29-18)16-3-5-17(25)6-4-16/h3-6,13,15H,2,7-10,14H2,1H3,(H2,28,30). The van der Waals surface area contributed by atoms with Crippen LogP contribution in [0.3, 0.4) is 0 Å². The lowest BCUT2D eigenvalue weighted by molar-refractivity contribution is 0.395. The van der Waals surface area contributed by atoms with Gasteiger partial charge in [-0.25, -0.2) is 9.97 Å². The first-order valence-electron chi connectivity index (χ1n) is 10.8. The molecular formula is C24H23ClN6S2. The monoisotopic (exact) mass is 494 g/mol. The van der Waals surface area contributed by atoms with Gasteiger partial charge in [0.1, 0.15) is 39.1 Å². The number of aromatic nitrogens is 2. The van der Waals surface area contributed by atoms with Crippen LogP contribution < -0.4 is 10.6 Å². The Labute approximate surface area is 207 Å². The van der Waals surface area contributed by atoms with E-state index < -0.39 is 0 Å². The zero-order chi connectivity index (χ0) is 23.4. The lowest BCUT2D eigenvalue weighted by Gasteiger charge is -2.34. The minimum absolute atomic E-state index is 0.173. The minimum atomic E-state index is 0.173. The molecule has 6 nitrogen and oxygen atoms in total. The summed E-state index contributed by atoms with van der Waals surface area (Å²) >= 11 is 8.97. The topological polar surface area (TPSA) is 103 Å². The maximum atomic E-state index is 10.0. The van der Waals surface area contributed by atoms with E-state index in [1.54, 1.807) is 11.3 Å². The van der Waals surface area contributed by atoms with Crippen molar-refractivity contribution in [2.45, 2.75) is 37.0 Å². The van der Waals surface area contributed by atoms with E-state index in [2.05, 4.69) is 28.9 Å². The molecule has 1 aliphatic heterocycles. The van der Waals surface area contributed by atoms with Crippen LogP contribution in [0.4, 0.5) is 11.5 Å². The summed E-state index contributed by atoms with van der Waals surface area (Å²) in [5, 5.41) is 23.9. The van der Waals surface area contributed by atoms with Crippen LogP contribution in [0.2, 0.25) is 5.02 Å². The van der Waals surface area contributed by atoms with Gasteiger partial charge in [-0.3, -0.25) is 0 Å². The van der Waals surface area contributed by atoms with Gasteiger partial charge in [0.05, 0.1) is 11.4 Å². The Morgan fingerprint density at radius 1 is 1.15 bits per heavy atom. The van der Waals surface area contributed by atoms with Gasteiger partial charge in [0, 0.05) is 34.8 Å². The molecule has 0 unspecified atom stereocenters. The van der Waals surface area contributed by atoms with Crippen molar-refractivity contribution in [1.29, 1.82) is 10.5 Å². The SMILES string of the molecule is CCC1CCN(c2c(C#N)c(N)nc(SCc3csc(-c4ccc(Cl)cc4)n3)c2C#N)CC1. The molecule has 0 atom stereocenters. The molecule has 1 aliphatic rings. The number of thiazole rings is 1. The fourth-order valence-electron chi connectivity index (χ4n) is 4.01. The number of thioether (sulfide) groups is 1. The minimum Gasteiger partial charge on any atom is -0.382 e. The Bertz CT molecular complexity index is 1220. The van der Waals surface area contributed by atoms with Crippen molar-refractivity contribution in [3.8, 4) is 22.7 Å². The van der Waals surface area contributed by atoms with Crippen molar-refractivity contribution < 1.29 is 0 Å². The molecule has 0 amide bonds. The maximum absolute atomic E-state index is 10.0. The van der Waals surface area contributed by atoms with E-state index in [0.29, 0.717) is 38.5 Å². The number of nitrogen functional groups attached to an aromatic ring is 1. The van der Waals surface area contributed by atoms with E-state index in [0.717, 1.165) is 48.6 Å². The Hall–Kier alpha value is -2.78. The first-order valence-corrected chi connectivity index (χ1v) is 13.0. The van der Waals surface area contributed by atoms with E-state index in [1.807, 2.05) is 29.6 Å². The zero-order valence-electron chi connectivity index (χ0n) is 18.2. The fourth-order valence-corrected chi connectivity index (χ4v) is 5.95. The first-order chi connectivity index (χ1) is 16.0. The van der Waals surface area contributed by atoms with E-state index in [4.69, 9.17) is 22.3 Å². The molecule has 1 aromatic carbocycles. The summed E-state index contributed by atoms with van der Waals surface area (Å²) in [5.74, 6) is 1.41. The third-order valence-electron chi connectivity index (χ3n) is 5.90. The molecule has 0 aliphatic carbocycles. The van der Waals surface area contributed by atoms with Crippen molar-refractivity contribution in [2.75, 3.05) is 23.7 Å². The molecule has 4 rings (SSSR count). The number of nitrogens with two attached hydrogens (primary N) is 1. The van der Waals surface area contributed by atoms with Crippen molar-refractivity contribution in [1.82, 2.24) is 9.97 Å². The van der Waals surface area contributed by atoms with Crippen LogP contribution in [-0.2, 0) is 5.75 Å². The van der Waals surface area contributed by atoms with E-state index in [9.17, 15) is 10.5 Å². The van der Waals surface area contributed by atoms with E-state index in [-0.39, 0.29) is 5.82 Å². The van der Waals surface area contributed by atoms with Crippen LogP contribution in [0.25, 0.3) is 10.6 Å². The van der Waals surface area contributed by atoms with Crippen LogP contribution in [-0.4, -0.2) is 23.1 Å². The molecule has 9 heteroatoms. The summed E-state index contributed by atoms with van der Waals surface area (Å²) in [6.07, 6.45) is 3.24. The summed E-state index contributed by atoms with van der Waals surface area (Å²) in [6.45, 7) is 3.83. The highest BCUT2D eigenvalue weighted by Gasteiger charge is 2.27. The number of halogens is 1. The number of nitriles is 2. The molecule has 0 saturated carbocycles. The predicted octanol–water partition coefficient (Wildman–Crippen LogP) is 6.10. The number of nitrogens with zero attached hydrogens (tertiary/aromatic N) is 5. The smallest absolute Gasteiger partial charge is 0.144 e. The molecule has 1 saturated heterocycles. The van der Waals surface area contributed by atoms with Crippen LogP contribution >= 0.6 is 34.7 Å². The van der Waals surface area contributed by atoms with E-state index >= 15 is 0 Å². The quantitative estimate of drug-likeness (QED) is 0.412. The Morgan fingerprint density at radius 3 is 2.48 bits per heavy atom. The van der Waals surface area contributed by atoms with Gasteiger partial charge < -0.3 is 10.6 Å². The lowest BCUT2D eigenvalue weighted by Crippen LogP contribution is -2.35. The van der Waals surface area contributed by atoms with Crippen molar-refractivity contribution in [2.24, 2.45) is 5.92 Å². The molecule has 0 bridgehead atoms. The van der Waals surface area contributed by atoms with Gasteiger partial charge >= 0.3 is 0 Å². The van der Waals surface area contributed by atoms with Gasteiger partial charge in [-0.05, 0) is 30.9 Å². The number of rotatable bonds is 6. The van der Waals surface area contributed by atoms with Gasteiger partial charge in [0.25, 0.3) is 0 Å². The zero-order valence-corrected chi connectivity index (χ0v) is 20.6. The Kier molecular flexibility index (Phi) is 7.39. The second kappa shape index (κ2) is 10.4. The molecule has 0 spiro atoms. The number of benzene rings is 1. The lowest BCUT2D eigenvalue weighted by atomic mass is 9.93. The van der Waals surface area contributed by atoms with Crippen molar-refractivity contribution in [3.63, 3.8) is 0 Å². The molecule has 1 fully saturated rings. The van der Waals surface area contributed by atoms with Crippen molar-refractivity contribution >= 4 is 46.2 Å².